The fraction of sp³-hybridized carbons (Fsp3) is 0.385. The van der Waals surface area contributed by atoms with E-state index in [9.17, 15) is 5.11 Å². The highest BCUT2D eigenvalue weighted by Gasteiger charge is 2.10. The second-order valence-electron chi connectivity index (χ2n) is 3.77. The van der Waals surface area contributed by atoms with Crippen molar-refractivity contribution in [2.75, 3.05) is 0 Å². The summed E-state index contributed by atoms with van der Waals surface area (Å²) >= 11 is 5.47. The Bertz CT molecular complexity index is 295. The SMILES string of the molecule is C[C@H](/C=C/Cl)[C@@H](O)CCc1ccccc1. The molecule has 0 spiro atoms. The third-order valence-corrected chi connectivity index (χ3v) is 2.70. The Morgan fingerprint density at radius 3 is 2.60 bits per heavy atom. The molecule has 0 amide bonds. The van der Waals surface area contributed by atoms with Crippen LogP contribution >= 0.6 is 11.6 Å². The molecule has 1 aromatic carbocycles. The van der Waals surface area contributed by atoms with E-state index in [1.807, 2.05) is 31.2 Å². The molecule has 82 valence electrons. The van der Waals surface area contributed by atoms with Crippen molar-refractivity contribution in [3.05, 3.63) is 47.5 Å². The lowest BCUT2D eigenvalue weighted by atomic mass is 9.98. The van der Waals surface area contributed by atoms with Gasteiger partial charge < -0.3 is 5.11 Å². The molecule has 0 aliphatic rings. The highest BCUT2D eigenvalue weighted by Crippen LogP contribution is 2.12. The molecule has 1 aromatic rings. The summed E-state index contributed by atoms with van der Waals surface area (Å²) in [5.41, 5.74) is 2.73. The van der Waals surface area contributed by atoms with E-state index in [1.165, 1.54) is 11.1 Å². The maximum Gasteiger partial charge on any atom is 0.0603 e. The van der Waals surface area contributed by atoms with E-state index >= 15 is 0 Å². The summed E-state index contributed by atoms with van der Waals surface area (Å²) in [6, 6.07) is 10.2. The van der Waals surface area contributed by atoms with Crippen molar-refractivity contribution in [1.29, 1.82) is 0 Å². The van der Waals surface area contributed by atoms with Gasteiger partial charge in [0.15, 0.2) is 0 Å². The maximum atomic E-state index is 9.80. The van der Waals surface area contributed by atoms with Crippen molar-refractivity contribution in [3.8, 4) is 0 Å². The molecule has 0 aliphatic carbocycles. The van der Waals surface area contributed by atoms with Crippen LogP contribution in [-0.2, 0) is 6.42 Å². The Kier molecular flexibility index (Phi) is 5.44. The second kappa shape index (κ2) is 6.65. The summed E-state index contributed by atoms with van der Waals surface area (Å²) in [7, 11) is 0. The predicted octanol–water partition coefficient (Wildman–Crippen LogP) is 3.37. The Morgan fingerprint density at radius 1 is 1.33 bits per heavy atom. The van der Waals surface area contributed by atoms with E-state index < -0.39 is 0 Å². The summed E-state index contributed by atoms with van der Waals surface area (Å²) in [5.74, 6) is 0.117. The maximum absolute atomic E-state index is 9.80. The van der Waals surface area contributed by atoms with Gasteiger partial charge in [0.25, 0.3) is 0 Å². The molecular weight excluding hydrogens is 208 g/mol. The molecule has 0 fully saturated rings. The van der Waals surface area contributed by atoms with Gasteiger partial charge in [0.05, 0.1) is 6.10 Å². The van der Waals surface area contributed by atoms with E-state index in [-0.39, 0.29) is 12.0 Å². The average molecular weight is 225 g/mol. The number of hydrogen-bond donors (Lipinski definition) is 1. The molecular formula is C13H17ClO. The van der Waals surface area contributed by atoms with E-state index in [2.05, 4.69) is 12.1 Å². The van der Waals surface area contributed by atoms with Gasteiger partial charge in [0.1, 0.15) is 0 Å². The van der Waals surface area contributed by atoms with Crippen molar-refractivity contribution in [2.24, 2.45) is 5.92 Å². The summed E-state index contributed by atoms with van der Waals surface area (Å²) in [4.78, 5) is 0. The Labute approximate surface area is 96.4 Å². The minimum atomic E-state index is -0.319. The van der Waals surface area contributed by atoms with Crippen LogP contribution in [0.1, 0.15) is 18.9 Å². The normalized spacial score (nSPS) is 15.4. The minimum absolute atomic E-state index is 0.117. The van der Waals surface area contributed by atoms with Crippen molar-refractivity contribution >= 4 is 11.6 Å². The van der Waals surface area contributed by atoms with Crippen molar-refractivity contribution < 1.29 is 5.11 Å². The van der Waals surface area contributed by atoms with Gasteiger partial charge in [0.2, 0.25) is 0 Å². The highest BCUT2D eigenvalue weighted by molar-refractivity contribution is 6.25. The average Bonchev–Trinajstić information content (AvgIpc) is 2.27. The van der Waals surface area contributed by atoms with Gasteiger partial charge in [-0.2, -0.15) is 0 Å². The van der Waals surface area contributed by atoms with Crippen LogP contribution in [0.4, 0.5) is 0 Å². The first-order chi connectivity index (χ1) is 7.24. The fourth-order valence-corrected chi connectivity index (χ4v) is 1.69. The fourth-order valence-electron chi connectivity index (χ4n) is 1.47. The van der Waals surface area contributed by atoms with Gasteiger partial charge in [-0.15, -0.1) is 0 Å². The number of aliphatic hydroxyl groups excluding tert-OH is 1. The third kappa shape index (κ3) is 4.50. The van der Waals surface area contributed by atoms with Crippen LogP contribution in [0.15, 0.2) is 41.9 Å². The third-order valence-electron chi connectivity index (χ3n) is 2.55. The number of aliphatic hydroxyl groups is 1. The van der Waals surface area contributed by atoms with E-state index in [0.717, 1.165) is 12.8 Å². The summed E-state index contributed by atoms with van der Waals surface area (Å²) in [5, 5.41) is 9.80. The van der Waals surface area contributed by atoms with Crippen LogP contribution in [-0.4, -0.2) is 11.2 Å². The molecule has 0 heterocycles. The van der Waals surface area contributed by atoms with Crippen LogP contribution in [0.3, 0.4) is 0 Å². The van der Waals surface area contributed by atoms with E-state index in [4.69, 9.17) is 11.6 Å². The molecule has 0 aliphatic heterocycles. The molecule has 1 nitrogen and oxygen atoms in total. The van der Waals surface area contributed by atoms with Gasteiger partial charge >= 0.3 is 0 Å². The summed E-state index contributed by atoms with van der Waals surface area (Å²) in [6.45, 7) is 1.97. The molecule has 0 bridgehead atoms. The van der Waals surface area contributed by atoms with Crippen molar-refractivity contribution in [2.45, 2.75) is 25.9 Å². The molecule has 2 heteroatoms. The van der Waals surface area contributed by atoms with Gasteiger partial charge in [-0.1, -0.05) is 54.9 Å². The molecule has 0 radical (unpaired) electrons. The zero-order valence-corrected chi connectivity index (χ0v) is 9.69. The summed E-state index contributed by atoms with van der Waals surface area (Å²) < 4.78 is 0. The number of rotatable bonds is 5. The lowest BCUT2D eigenvalue weighted by Crippen LogP contribution is -2.16. The molecule has 0 unspecified atom stereocenters. The van der Waals surface area contributed by atoms with Crippen molar-refractivity contribution in [1.82, 2.24) is 0 Å². The van der Waals surface area contributed by atoms with Crippen LogP contribution < -0.4 is 0 Å². The smallest absolute Gasteiger partial charge is 0.0603 e. The van der Waals surface area contributed by atoms with Gasteiger partial charge in [-0.05, 0) is 18.4 Å². The van der Waals surface area contributed by atoms with Crippen LogP contribution in [0.2, 0.25) is 0 Å². The Morgan fingerprint density at radius 2 is 2.00 bits per heavy atom. The largest absolute Gasteiger partial charge is 0.393 e. The molecule has 15 heavy (non-hydrogen) atoms. The molecule has 0 saturated carbocycles. The summed E-state index contributed by atoms with van der Waals surface area (Å²) in [6.07, 6.45) is 3.17. The highest BCUT2D eigenvalue weighted by atomic mass is 35.5. The predicted molar refractivity (Wildman–Crippen MR) is 64.9 cm³/mol. The Balaban J connectivity index is 2.37. The monoisotopic (exact) mass is 224 g/mol. The molecule has 1 rings (SSSR count). The van der Waals surface area contributed by atoms with E-state index in [1.54, 1.807) is 0 Å². The zero-order chi connectivity index (χ0) is 11.1. The lowest BCUT2D eigenvalue weighted by molar-refractivity contribution is 0.128. The molecule has 0 aromatic heterocycles. The van der Waals surface area contributed by atoms with Gasteiger partial charge in [-0.3, -0.25) is 0 Å². The molecule has 2 atom stereocenters. The first kappa shape index (κ1) is 12.3. The Hall–Kier alpha value is -0.790. The lowest BCUT2D eigenvalue weighted by Gasteiger charge is -2.14. The number of benzene rings is 1. The standard InChI is InChI=1S/C13H17ClO/c1-11(9-10-14)13(15)8-7-12-5-3-2-4-6-12/h2-6,9-11,13,15H,7-8H2,1H3/b10-9+/t11-,13+/m1/s1. The zero-order valence-electron chi connectivity index (χ0n) is 8.94. The van der Waals surface area contributed by atoms with Crippen LogP contribution in [0.5, 0.6) is 0 Å². The number of aryl methyl sites for hydroxylation is 1. The molecule has 0 saturated heterocycles. The quantitative estimate of drug-likeness (QED) is 0.813. The van der Waals surface area contributed by atoms with Crippen LogP contribution in [0.25, 0.3) is 0 Å². The van der Waals surface area contributed by atoms with Gasteiger partial charge in [0, 0.05) is 11.5 Å². The van der Waals surface area contributed by atoms with E-state index in [0.29, 0.717) is 0 Å². The second-order valence-corrected chi connectivity index (χ2v) is 4.02. The number of hydrogen-bond acceptors (Lipinski definition) is 1. The first-order valence-corrected chi connectivity index (χ1v) is 5.66. The topological polar surface area (TPSA) is 20.2 Å². The first-order valence-electron chi connectivity index (χ1n) is 5.23. The molecule has 1 N–H and O–H groups in total. The minimum Gasteiger partial charge on any atom is -0.393 e. The van der Waals surface area contributed by atoms with Crippen molar-refractivity contribution in [3.63, 3.8) is 0 Å². The van der Waals surface area contributed by atoms with Crippen LogP contribution in [0, 0.1) is 5.92 Å². The van der Waals surface area contributed by atoms with Gasteiger partial charge in [-0.25, -0.2) is 0 Å². The number of halogens is 1.